The van der Waals surface area contributed by atoms with Crippen LogP contribution in [0.1, 0.15) is 12.8 Å². The summed E-state index contributed by atoms with van der Waals surface area (Å²) >= 11 is 1.42. The van der Waals surface area contributed by atoms with Crippen molar-refractivity contribution in [2.45, 2.75) is 18.9 Å². The molecule has 1 aromatic heterocycles. The van der Waals surface area contributed by atoms with Crippen LogP contribution in [0.4, 0.5) is 11.4 Å². The first-order chi connectivity index (χ1) is 9.16. The summed E-state index contributed by atoms with van der Waals surface area (Å²) in [6, 6.07) is 3.94. The number of anilines is 1. The van der Waals surface area contributed by atoms with Crippen LogP contribution in [0.25, 0.3) is 10.2 Å². The number of thiazole rings is 1. The molecule has 1 saturated heterocycles. The number of aromatic nitrogens is 1. The number of benzene rings is 1. The molecule has 19 heavy (non-hydrogen) atoms. The van der Waals surface area contributed by atoms with E-state index in [0.29, 0.717) is 11.2 Å². The maximum atomic E-state index is 11.4. The molecule has 0 bridgehead atoms. The molecule has 0 unspecified atom stereocenters. The molecule has 3 rings (SSSR count). The molecule has 0 saturated carbocycles. The summed E-state index contributed by atoms with van der Waals surface area (Å²) in [4.78, 5) is 17.2. The van der Waals surface area contributed by atoms with Crippen molar-refractivity contribution in [1.82, 2.24) is 4.98 Å². The maximum Gasteiger partial charge on any atom is 0.319 e. The maximum absolute atomic E-state index is 11.4. The predicted molar refractivity (Wildman–Crippen MR) is 75.7 cm³/mol. The van der Waals surface area contributed by atoms with E-state index in [-0.39, 0.29) is 16.7 Å². The summed E-state index contributed by atoms with van der Waals surface area (Å²) < 4.78 is 0.851. The van der Waals surface area contributed by atoms with Crippen LogP contribution < -0.4 is 10.6 Å². The molecular weight excluding hydrogens is 264 g/mol. The Bertz CT molecular complexity index is 619. The lowest BCUT2D eigenvalue weighted by Gasteiger charge is -2.31. The van der Waals surface area contributed by atoms with Crippen molar-refractivity contribution in [3.8, 4) is 0 Å². The van der Waals surface area contributed by atoms with Crippen molar-refractivity contribution in [2.75, 3.05) is 18.0 Å². The lowest BCUT2D eigenvalue weighted by atomic mass is 10.0. The van der Waals surface area contributed by atoms with Gasteiger partial charge in [-0.2, -0.15) is 0 Å². The summed E-state index contributed by atoms with van der Waals surface area (Å²) in [7, 11) is 0. The standard InChI is InChI=1S/C12H14N4O2S/c13-8-3-5-15(6-4-8)9-1-2-10-11(14-7-19-10)12(9)16(17)18/h1-2,7-8H,3-6,13H2. The Kier molecular flexibility index (Phi) is 3.08. The minimum atomic E-state index is -0.327. The number of hydrogen-bond donors (Lipinski definition) is 1. The zero-order valence-electron chi connectivity index (χ0n) is 10.3. The van der Waals surface area contributed by atoms with Gasteiger partial charge in [0.15, 0.2) is 5.52 Å². The molecule has 1 aliphatic rings. The highest BCUT2D eigenvalue weighted by molar-refractivity contribution is 7.16. The first kappa shape index (κ1) is 12.3. The molecule has 2 aromatic rings. The van der Waals surface area contributed by atoms with Gasteiger partial charge in [-0.25, -0.2) is 4.98 Å². The molecule has 7 heteroatoms. The second kappa shape index (κ2) is 4.75. The van der Waals surface area contributed by atoms with Crippen LogP contribution in [-0.4, -0.2) is 29.0 Å². The van der Waals surface area contributed by atoms with Gasteiger partial charge in [0, 0.05) is 19.1 Å². The van der Waals surface area contributed by atoms with E-state index in [9.17, 15) is 10.1 Å². The second-order valence-electron chi connectivity index (χ2n) is 4.71. The van der Waals surface area contributed by atoms with Gasteiger partial charge in [-0.15, -0.1) is 11.3 Å². The molecule has 100 valence electrons. The largest absolute Gasteiger partial charge is 0.366 e. The Morgan fingerprint density at radius 1 is 1.42 bits per heavy atom. The fourth-order valence-electron chi connectivity index (χ4n) is 2.48. The van der Waals surface area contributed by atoms with Gasteiger partial charge in [-0.05, 0) is 25.0 Å². The first-order valence-corrected chi connectivity index (χ1v) is 7.06. The van der Waals surface area contributed by atoms with E-state index >= 15 is 0 Å². The fraction of sp³-hybridized carbons (Fsp3) is 0.417. The van der Waals surface area contributed by atoms with Gasteiger partial charge >= 0.3 is 5.69 Å². The molecule has 6 nitrogen and oxygen atoms in total. The van der Waals surface area contributed by atoms with E-state index in [4.69, 9.17) is 5.73 Å². The third-order valence-corrected chi connectivity index (χ3v) is 4.31. The molecule has 2 N–H and O–H groups in total. The van der Waals surface area contributed by atoms with Gasteiger partial charge in [0.25, 0.3) is 0 Å². The lowest BCUT2D eigenvalue weighted by molar-refractivity contribution is -0.382. The third kappa shape index (κ3) is 2.15. The summed E-state index contributed by atoms with van der Waals surface area (Å²) in [5.41, 5.74) is 8.79. The molecule has 0 spiro atoms. The van der Waals surface area contributed by atoms with E-state index in [1.807, 2.05) is 17.0 Å². The normalized spacial score (nSPS) is 17.0. The van der Waals surface area contributed by atoms with E-state index in [2.05, 4.69) is 4.98 Å². The Labute approximate surface area is 114 Å². The summed E-state index contributed by atoms with van der Waals surface area (Å²) in [5.74, 6) is 0. The van der Waals surface area contributed by atoms with E-state index in [1.165, 1.54) is 11.3 Å². The number of nitro groups is 1. The topological polar surface area (TPSA) is 85.3 Å². The monoisotopic (exact) mass is 278 g/mol. The van der Waals surface area contributed by atoms with Crippen LogP contribution >= 0.6 is 11.3 Å². The van der Waals surface area contributed by atoms with Gasteiger partial charge in [0.1, 0.15) is 5.69 Å². The Morgan fingerprint density at radius 2 is 2.16 bits per heavy atom. The highest BCUT2D eigenvalue weighted by atomic mass is 32.1. The minimum absolute atomic E-state index is 0.120. The zero-order valence-corrected chi connectivity index (χ0v) is 11.1. The van der Waals surface area contributed by atoms with Gasteiger partial charge in [-0.1, -0.05) is 0 Å². The number of nitro benzene ring substituents is 1. The fourth-order valence-corrected chi connectivity index (χ4v) is 3.16. The molecule has 1 aromatic carbocycles. The number of fused-ring (bicyclic) bond motifs is 1. The molecule has 0 radical (unpaired) electrons. The summed E-state index contributed by atoms with van der Waals surface area (Å²) in [6.45, 7) is 1.52. The Hall–Kier alpha value is -1.73. The molecule has 0 amide bonds. The average Bonchev–Trinajstić information content (AvgIpc) is 2.86. The van der Waals surface area contributed by atoms with Crippen LogP contribution in [0.2, 0.25) is 0 Å². The van der Waals surface area contributed by atoms with Crippen LogP contribution in [0.15, 0.2) is 17.6 Å². The SMILES string of the molecule is NC1CCN(c2ccc3scnc3c2[N+](=O)[O-])CC1. The summed E-state index contributed by atoms with van der Waals surface area (Å²) in [6.07, 6.45) is 1.73. The number of nitrogens with two attached hydrogens (primary N) is 1. The van der Waals surface area contributed by atoms with Crippen molar-refractivity contribution >= 4 is 32.9 Å². The molecule has 0 atom stereocenters. The third-order valence-electron chi connectivity index (χ3n) is 3.52. The van der Waals surface area contributed by atoms with Crippen molar-refractivity contribution in [3.05, 3.63) is 27.8 Å². The van der Waals surface area contributed by atoms with E-state index < -0.39 is 0 Å². The van der Waals surface area contributed by atoms with Gasteiger partial charge < -0.3 is 10.6 Å². The number of rotatable bonds is 2. The van der Waals surface area contributed by atoms with Crippen LogP contribution in [0.3, 0.4) is 0 Å². The Morgan fingerprint density at radius 3 is 2.84 bits per heavy atom. The molecule has 1 aliphatic heterocycles. The predicted octanol–water partition coefficient (Wildman–Crippen LogP) is 2.13. The number of piperidine rings is 1. The van der Waals surface area contributed by atoms with Crippen LogP contribution in [-0.2, 0) is 0 Å². The number of hydrogen-bond acceptors (Lipinski definition) is 6. The quantitative estimate of drug-likeness (QED) is 0.672. The highest BCUT2D eigenvalue weighted by Crippen LogP contribution is 2.37. The molecule has 1 fully saturated rings. The lowest BCUT2D eigenvalue weighted by Crippen LogP contribution is -2.39. The van der Waals surface area contributed by atoms with E-state index in [1.54, 1.807) is 5.51 Å². The summed E-state index contributed by atoms with van der Waals surface area (Å²) in [5, 5.41) is 11.4. The first-order valence-electron chi connectivity index (χ1n) is 6.18. The Balaban J connectivity index is 2.07. The van der Waals surface area contributed by atoms with Crippen molar-refractivity contribution < 1.29 is 4.92 Å². The van der Waals surface area contributed by atoms with Crippen LogP contribution in [0.5, 0.6) is 0 Å². The zero-order chi connectivity index (χ0) is 13.4. The minimum Gasteiger partial charge on any atom is -0.366 e. The average molecular weight is 278 g/mol. The van der Waals surface area contributed by atoms with E-state index in [0.717, 1.165) is 30.6 Å². The van der Waals surface area contributed by atoms with Crippen molar-refractivity contribution in [3.63, 3.8) is 0 Å². The van der Waals surface area contributed by atoms with Gasteiger partial charge in [0.05, 0.1) is 15.1 Å². The highest BCUT2D eigenvalue weighted by Gasteiger charge is 2.26. The smallest absolute Gasteiger partial charge is 0.319 e. The molecule has 2 heterocycles. The van der Waals surface area contributed by atoms with Crippen molar-refractivity contribution in [1.29, 1.82) is 0 Å². The second-order valence-corrected chi connectivity index (χ2v) is 5.60. The molecular formula is C12H14N4O2S. The van der Waals surface area contributed by atoms with Gasteiger partial charge in [-0.3, -0.25) is 10.1 Å². The van der Waals surface area contributed by atoms with Crippen molar-refractivity contribution in [2.24, 2.45) is 5.73 Å². The molecule has 0 aliphatic carbocycles. The number of nitrogens with zero attached hydrogens (tertiary/aromatic N) is 3. The van der Waals surface area contributed by atoms with Gasteiger partial charge in [0.2, 0.25) is 0 Å². The van der Waals surface area contributed by atoms with Crippen LogP contribution in [0, 0.1) is 10.1 Å².